The van der Waals surface area contributed by atoms with Crippen molar-refractivity contribution in [3.8, 4) is 0 Å². The fourth-order valence-electron chi connectivity index (χ4n) is 3.52. The number of carbonyl (C=O) groups excluding carboxylic acids is 1. The second-order valence-corrected chi connectivity index (χ2v) is 7.42. The van der Waals surface area contributed by atoms with E-state index in [4.69, 9.17) is 4.74 Å². The Morgan fingerprint density at radius 2 is 2.07 bits per heavy atom. The maximum Gasteiger partial charge on any atom is 0.251 e. The van der Waals surface area contributed by atoms with E-state index in [-0.39, 0.29) is 36.8 Å². The Hall–Kier alpha value is -1.31. The zero-order chi connectivity index (χ0) is 17.1. The molecular weight excluding hydrogens is 405 g/mol. The molecule has 5 nitrogen and oxygen atoms in total. The number of morpholine rings is 1. The average Bonchev–Trinajstić information content (AvgIpc) is 3.34. The third-order valence-corrected chi connectivity index (χ3v) is 5.86. The van der Waals surface area contributed by atoms with Gasteiger partial charge >= 0.3 is 0 Å². The fraction of sp³-hybridized carbons (Fsp3) is 0.421. The zero-order valence-corrected chi connectivity index (χ0v) is 17.4. The van der Waals surface area contributed by atoms with Crippen LogP contribution in [0.25, 0.3) is 0 Å². The van der Waals surface area contributed by atoms with Gasteiger partial charge in [0.1, 0.15) is 0 Å². The molecule has 1 aromatic heterocycles. The van der Waals surface area contributed by atoms with Gasteiger partial charge in [-0.25, -0.2) is 0 Å². The minimum absolute atomic E-state index is 0. The molecule has 8 heteroatoms. The van der Waals surface area contributed by atoms with Crippen molar-refractivity contribution in [1.29, 1.82) is 0 Å². The van der Waals surface area contributed by atoms with Crippen molar-refractivity contribution in [1.82, 2.24) is 10.2 Å². The second kappa shape index (κ2) is 10.3. The molecule has 0 radical (unpaired) electrons. The Balaban J connectivity index is 0.00000131. The molecule has 2 aliphatic rings. The highest BCUT2D eigenvalue weighted by molar-refractivity contribution is 7.10. The van der Waals surface area contributed by atoms with Crippen LogP contribution in [0.2, 0.25) is 0 Å². The highest BCUT2D eigenvalue weighted by Gasteiger charge is 2.24. The lowest BCUT2D eigenvalue weighted by Crippen LogP contribution is -2.43. The molecule has 0 saturated carbocycles. The molecular formula is C19H25Cl2N3O2S. The monoisotopic (exact) mass is 429 g/mol. The molecule has 1 saturated heterocycles. The number of nitrogens with zero attached hydrogens (tertiary/aromatic N) is 1. The molecule has 1 aromatic carbocycles. The number of thiophene rings is 1. The average molecular weight is 430 g/mol. The van der Waals surface area contributed by atoms with E-state index in [9.17, 15) is 4.79 Å². The number of benzene rings is 1. The van der Waals surface area contributed by atoms with Crippen LogP contribution in [0, 0.1) is 0 Å². The number of nitrogens with one attached hydrogen (secondary N) is 2. The van der Waals surface area contributed by atoms with E-state index in [0.29, 0.717) is 6.54 Å². The van der Waals surface area contributed by atoms with E-state index in [2.05, 4.69) is 33.0 Å². The van der Waals surface area contributed by atoms with Crippen LogP contribution < -0.4 is 10.6 Å². The van der Waals surface area contributed by atoms with E-state index < -0.39 is 0 Å². The lowest BCUT2D eigenvalue weighted by atomic mass is 10.1. The first-order valence-electron chi connectivity index (χ1n) is 8.81. The SMILES string of the molecule is Cl.Cl.O=C(NCC(c1cccs1)N1CCOCC1)c1ccc2c(c1)CCN2. The second-order valence-electron chi connectivity index (χ2n) is 6.44. The predicted molar refractivity (Wildman–Crippen MR) is 115 cm³/mol. The lowest BCUT2D eigenvalue weighted by molar-refractivity contribution is 0.0169. The van der Waals surface area contributed by atoms with Crippen molar-refractivity contribution in [2.24, 2.45) is 0 Å². The maximum atomic E-state index is 12.6. The summed E-state index contributed by atoms with van der Waals surface area (Å²) in [5.74, 6) is 0.00418. The van der Waals surface area contributed by atoms with Crippen molar-refractivity contribution in [3.63, 3.8) is 0 Å². The molecule has 0 aliphatic carbocycles. The number of rotatable bonds is 5. The van der Waals surface area contributed by atoms with Gasteiger partial charge in [0.2, 0.25) is 0 Å². The van der Waals surface area contributed by atoms with E-state index >= 15 is 0 Å². The fourth-order valence-corrected chi connectivity index (χ4v) is 4.38. The van der Waals surface area contributed by atoms with Gasteiger partial charge in [0, 0.05) is 42.3 Å². The number of hydrogen-bond donors (Lipinski definition) is 2. The van der Waals surface area contributed by atoms with Gasteiger partial charge in [0.05, 0.1) is 19.3 Å². The Kier molecular flexibility index (Phi) is 8.38. The molecule has 2 aliphatic heterocycles. The maximum absolute atomic E-state index is 12.6. The third-order valence-electron chi connectivity index (χ3n) is 4.89. The molecule has 2 N–H and O–H groups in total. The summed E-state index contributed by atoms with van der Waals surface area (Å²) in [4.78, 5) is 16.3. The van der Waals surface area contributed by atoms with Crippen LogP contribution >= 0.6 is 36.2 Å². The van der Waals surface area contributed by atoms with Gasteiger partial charge in [-0.2, -0.15) is 0 Å². The molecule has 3 heterocycles. The van der Waals surface area contributed by atoms with Crippen molar-refractivity contribution in [2.45, 2.75) is 12.5 Å². The normalized spacial score (nSPS) is 17.0. The highest BCUT2D eigenvalue weighted by Crippen LogP contribution is 2.26. The van der Waals surface area contributed by atoms with Gasteiger partial charge in [0.15, 0.2) is 0 Å². The molecule has 1 atom stereocenters. The van der Waals surface area contributed by atoms with Crippen LogP contribution in [0.1, 0.15) is 26.8 Å². The third kappa shape index (κ3) is 5.15. The summed E-state index contributed by atoms with van der Waals surface area (Å²) in [6.07, 6.45) is 0.988. The summed E-state index contributed by atoms with van der Waals surface area (Å²) in [5.41, 5.74) is 3.13. The number of hydrogen-bond acceptors (Lipinski definition) is 5. The predicted octanol–water partition coefficient (Wildman–Crippen LogP) is 3.36. The van der Waals surface area contributed by atoms with E-state index in [1.807, 2.05) is 18.2 Å². The van der Waals surface area contributed by atoms with Crippen molar-refractivity contribution in [3.05, 3.63) is 51.7 Å². The van der Waals surface area contributed by atoms with Gasteiger partial charge < -0.3 is 15.4 Å². The standard InChI is InChI=1S/C19H23N3O2S.2ClH/c23-19(15-3-4-16-14(12-15)5-6-20-16)21-13-17(18-2-1-11-25-18)22-7-9-24-10-8-22;;/h1-4,11-12,17,20H,5-10,13H2,(H,21,23);2*1H. The Bertz CT molecular complexity index is 737. The number of fused-ring (bicyclic) bond motifs is 1. The summed E-state index contributed by atoms with van der Waals surface area (Å²) in [6.45, 7) is 4.90. The summed E-state index contributed by atoms with van der Waals surface area (Å²) in [6, 6.07) is 10.4. The van der Waals surface area contributed by atoms with E-state index in [0.717, 1.165) is 50.5 Å². The Labute approximate surface area is 176 Å². The number of amides is 1. The summed E-state index contributed by atoms with van der Waals surface area (Å²) >= 11 is 1.75. The largest absolute Gasteiger partial charge is 0.384 e. The Morgan fingerprint density at radius 3 is 2.81 bits per heavy atom. The van der Waals surface area contributed by atoms with Crippen molar-refractivity contribution >= 4 is 47.7 Å². The van der Waals surface area contributed by atoms with Crippen LogP contribution in [0.15, 0.2) is 35.7 Å². The first-order valence-corrected chi connectivity index (χ1v) is 9.69. The van der Waals surface area contributed by atoms with Gasteiger partial charge in [-0.1, -0.05) is 6.07 Å². The topological polar surface area (TPSA) is 53.6 Å². The van der Waals surface area contributed by atoms with Crippen LogP contribution in [0.4, 0.5) is 5.69 Å². The number of carbonyl (C=O) groups is 1. The number of halogens is 2. The smallest absolute Gasteiger partial charge is 0.251 e. The molecule has 1 amide bonds. The lowest BCUT2D eigenvalue weighted by Gasteiger charge is -2.34. The summed E-state index contributed by atoms with van der Waals surface area (Å²) in [5, 5.41) is 8.57. The molecule has 1 unspecified atom stereocenters. The van der Waals surface area contributed by atoms with Gasteiger partial charge in [0.25, 0.3) is 5.91 Å². The van der Waals surface area contributed by atoms with Crippen molar-refractivity contribution < 1.29 is 9.53 Å². The number of anilines is 1. The van der Waals surface area contributed by atoms with E-state index in [1.165, 1.54) is 10.4 Å². The minimum Gasteiger partial charge on any atom is -0.384 e. The Morgan fingerprint density at radius 1 is 1.26 bits per heavy atom. The van der Waals surface area contributed by atoms with Crippen LogP contribution in [-0.2, 0) is 11.2 Å². The minimum atomic E-state index is 0. The molecule has 2 aromatic rings. The molecule has 0 bridgehead atoms. The molecule has 148 valence electrons. The first-order chi connectivity index (χ1) is 12.3. The summed E-state index contributed by atoms with van der Waals surface area (Å²) in [7, 11) is 0. The first kappa shape index (κ1) is 22.0. The zero-order valence-electron chi connectivity index (χ0n) is 15.0. The van der Waals surface area contributed by atoms with E-state index in [1.54, 1.807) is 11.3 Å². The van der Waals surface area contributed by atoms with Crippen molar-refractivity contribution in [2.75, 3.05) is 44.7 Å². The van der Waals surface area contributed by atoms with Gasteiger partial charge in [-0.05, 0) is 41.6 Å². The quantitative estimate of drug-likeness (QED) is 0.764. The highest BCUT2D eigenvalue weighted by atomic mass is 35.5. The number of ether oxygens (including phenoxy) is 1. The molecule has 4 rings (SSSR count). The van der Waals surface area contributed by atoms with Crippen LogP contribution in [0.3, 0.4) is 0 Å². The van der Waals surface area contributed by atoms with Gasteiger partial charge in [-0.3, -0.25) is 9.69 Å². The van der Waals surface area contributed by atoms with Crippen LogP contribution in [-0.4, -0.2) is 50.2 Å². The molecule has 0 spiro atoms. The molecule has 27 heavy (non-hydrogen) atoms. The molecule has 1 fully saturated rings. The summed E-state index contributed by atoms with van der Waals surface area (Å²) < 4.78 is 5.47. The van der Waals surface area contributed by atoms with Crippen LogP contribution in [0.5, 0.6) is 0 Å². The van der Waals surface area contributed by atoms with Gasteiger partial charge in [-0.15, -0.1) is 36.2 Å².